The number of ketones is 1. The molecule has 2 aromatic rings. The van der Waals surface area contributed by atoms with Crippen LogP contribution in [0.1, 0.15) is 29.6 Å². The minimum Gasteiger partial charge on any atom is -0.497 e. The molecule has 4 heteroatoms. The molecule has 4 nitrogen and oxygen atoms in total. The van der Waals surface area contributed by atoms with Crippen molar-refractivity contribution in [3.8, 4) is 5.75 Å². The van der Waals surface area contributed by atoms with Crippen molar-refractivity contribution >= 4 is 16.6 Å². The van der Waals surface area contributed by atoms with Gasteiger partial charge < -0.3 is 4.74 Å². The lowest BCUT2D eigenvalue weighted by Crippen LogP contribution is -2.58. The van der Waals surface area contributed by atoms with E-state index in [1.165, 1.54) is 19.3 Å². The van der Waals surface area contributed by atoms with E-state index in [0.29, 0.717) is 6.04 Å². The summed E-state index contributed by atoms with van der Waals surface area (Å²) in [5.74, 6) is 1.08. The van der Waals surface area contributed by atoms with Gasteiger partial charge in [0, 0.05) is 31.2 Å². The summed E-state index contributed by atoms with van der Waals surface area (Å²) in [5.41, 5.74) is 0.810. The molecular weight excluding hydrogens is 312 g/mol. The van der Waals surface area contributed by atoms with Gasteiger partial charge in [0.15, 0.2) is 5.78 Å². The van der Waals surface area contributed by atoms with Crippen LogP contribution < -0.4 is 4.74 Å². The van der Waals surface area contributed by atoms with Crippen LogP contribution in [0.3, 0.4) is 0 Å². The first-order valence-corrected chi connectivity index (χ1v) is 9.22. The maximum Gasteiger partial charge on any atom is 0.181 e. The van der Waals surface area contributed by atoms with Crippen LogP contribution in [0.5, 0.6) is 5.75 Å². The van der Waals surface area contributed by atoms with E-state index in [1.54, 1.807) is 7.11 Å². The molecular formula is C21H26N2O2. The van der Waals surface area contributed by atoms with Gasteiger partial charge in [0.25, 0.3) is 0 Å². The Morgan fingerprint density at radius 1 is 1.08 bits per heavy atom. The molecule has 4 rings (SSSR count). The summed E-state index contributed by atoms with van der Waals surface area (Å²) < 4.78 is 5.28. The first kappa shape index (κ1) is 16.6. The zero-order chi connectivity index (χ0) is 17.4. The van der Waals surface area contributed by atoms with Gasteiger partial charge in [-0.3, -0.25) is 14.6 Å². The lowest BCUT2D eigenvalue weighted by Gasteiger charge is -2.45. The van der Waals surface area contributed by atoms with Gasteiger partial charge in [-0.05, 0) is 48.9 Å². The van der Waals surface area contributed by atoms with Gasteiger partial charge in [-0.1, -0.05) is 24.6 Å². The maximum absolute atomic E-state index is 13.2. The van der Waals surface area contributed by atoms with Crippen molar-refractivity contribution in [3.05, 3.63) is 42.0 Å². The van der Waals surface area contributed by atoms with Crippen molar-refractivity contribution in [2.45, 2.75) is 31.3 Å². The second-order valence-electron chi connectivity index (χ2n) is 7.37. The molecule has 1 atom stereocenters. The molecule has 0 amide bonds. The highest BCUT2D eigenvalue weighted by Gasteiger charge is 2.35. The lowest BCUT2D eigenvalue weighted by molar-refractivity contribution is 0.0334. The molecule has 0 spiro atoms. The third-order valence-electron chi connectivity index (χ3n) is 5.91. The zero-order valence-electron chi connectivity index (χ0n) is 15.1. The standard InChI is InChI=1S/C21H26N2O2/c1-22-10-11-23(18-4-3-5-18)14-20(22)21(24)17-7-6-16-13-19(25-2)9-8-15(16)12-17/h6-9,12-13,18,20H,3-5,10-11,14H2,1-2H3. The Hall–Kier alpha value is -1.91. The van der Waals surface area contributed by atoms with Gasteiger partial charge >= 0.3 is 0 Å². The fourth-order valence-corrected chi connectivity index (χ4v) is 3.96. The van der Waals surface area contributed by atoms with Crippen molar-refractivity contribution in [1.82, 2.24) is 9.80 Å². The van der Waals surface area contributed by atoms with E-state index >= 15 is 0 Å². The molecule has 0 aromatic heterocycles. The lowest BCUT2D eigenvalue weighted by atomic mass is 9.89. The number of benzene rings is 2. The Morgan fingerprint density at radius 3 is 2.56 bits per heavy atom. The fourth-order valence-electron chi connectivity index (χ4n) is 3.96. The van der Waals surface area contributed by atoms with Crippen LogP contribution in [0.2, 0.25) is 0 Å². The van der Waals surface area contributed by atoms with E-state index < -0.39 is 0 Å². The number of hydrogen-bond donors (Lipinski definition) is 0. The molecule has 25 heavy (non-hydrogen) atoms. The summed E-state index contributed by atoms with van der Waals surface area (Å²) in [6.07, 6.45) is 3.93. The first-order chi connectivity index (χ1) is 12.2. The summed E-state index contributed by atoms with van der Waals surface area (Å²) in [6, 6.07) is 12.6. The number of hydrogen-bond acceptors (Lipinski definition) is 4. The summed E-state index contributed by atoms with van der Waals surface area (Å²) in [5, 5.41) is 2.19. The average Bonchev–Trinajstić information content (AvgIpc) is 2.60. The van der Waals surface area contributed by atoms with Crippen LogP contribution >= 0.6 is 0 Å². The Kier molecular flexibility index (Phi) is 4.48. The van der Waals surface area contributed by atoms with Crippen LogP contribution in [0.15, 0.2) is 36.4 Å². The molecule has 0 radical (unpaired) electrons. The highest BCUT2D eigenvalue weighted by Crippen LogP contribution is 2.28. The fraction of sp³-hybridized carbons (Fsp3) is 0.476. The number of piperazine rings is 1. The molecule has 132 valence electrons. The van der Waals surface area contributed by atoms with Gasteiger partial charge in [0.2, 0.25) is 0 Å². The molecule has 1 saturated carbocycles. The smallest absolute Gasteiger partial charge is 0.181 e. The molecule has 0 N–H and O–H groups in total. The van der Waals surface area contributed by atoms with Crippen LogP contribution in [-0.2, 0) is 0 Å². The molecule has 1 saturated heterocycles. The highest BCUT2D eigenvalue weighted by molar-refractivity contribution is 6.03. The van der Waals surface area contributed by atoms with Crippen LogP contribution in [0.25, 0.3) is 10.8 Å². The van der Waals surface area contributed by atoms with E-state index in [4.69, 9.17) is 4.74 Å². The molecule has 2 aliphatic rings. The Labute approximate surface area is 149 Å². The minimum absolute atomic E-state index is 0.0370. The van der Waals surface area contributed by atoms with Gasteiger partial charge in [0.1, 0.15) is 5.75 Å². The number of carbonyl (C=O) groups is 1. The number of Topliss-reactive ketones (excluding diaryl/α,β-unsaturated/α-hetero) is 1. The molecule has 2 fully saturated rings. The van der Waals surface area contributed by atoms with E-state index in [0.717, 1.165) is 41.7 Å². The van der Waals surface area contributed by atoms with Gasteiger partial charge in [0.05, 0.1) is 13.2 Å². The van der Waals surface area contributed by atoms with Crippen molar-refractivity contribution in [1.29, 1.82) is 0 Å². The quantitative estimate of drug-likeness (QED) is 0.802. The van der Waals surface area contributed by atoms with Crippen molar-refractivity contribution in [2.24, 2.45) is 0 Å². The van der Waals surface area contributed by atoms with Crippen molar-refractivity contribution in [3.63, 3.8) is 0 Å². The summed E-state index contributed by atoms with van der Waals surface area (Å²) in [7, 11) is 3.75. The number of ether oxygens (including phenoxy) is 1. The molecule has 1 aliphatic heterocycles. The van der Waals surface area contributed by atoms with Crippen LogP contribution in [0.4, 0.5) is 0 Å². The topological polar surface area (TPSA) is 32.8 Å². The predicted molar refractivity (Wildman–Crippen MR) is 100 cm³/mol. The SMILES string of the molecule is COc1ccc2cc(C(=O)C3CN(C4CCC4)CCN3C)ccc2c1. The molecule has 0 bridgehead atoms. The second-order valence-corrected chi connectivity index (χ2v) is 7.37. The number of methoxy groups -OCH3 is 1. The van der Waals surface area contributed by atoms with E-state index in [-0.39, 0.29) is 11.8 Å². The van der Waals surface area contributed by atoms with Crippen LogP contribution in [0, 0.1) is 0 Å². The largest absolute Gasteiger partial charge is 0.497 e. The highest BCUT2D eigenvalue weighted by atomic mass is 16.5. The third-order valence-corrected chi connectivity index (χ3v) is 5.91. The van der Waals surface area contributed by atoms with Crippen molar-refractivity contribution in [2.75, 3.05) is 33.8 Å². The Morgan fingerprint density at radius 2 is 1.84 bits per heavy atom. The second kappa shape index (κ2) is 6.77. The van der Waals surface area contributed by atoms with Crippen LogP contribution in [-0.4, -0.2) is 61.5 Å². The Bertz CT molecular complexity index is 785. The molecule has 1 aliphatic carbocycles. The van der Waals surface area contributed by atoms with E-state index in [9.17, 15) is 4.79 Å². The molecule has 1 unspecified atom stereocenters. The van der Waals surface area contributed by atoms with E-state index in [1.807, 2.05) is 36.4 Å². The molecule has 2 aromatic carbocycles. The third kappa shape index (κ3) is 3.16. The number of likely N-dealkylation sites (N-methyl/N-ethyl adjacent to an activating group) is 1. The number of nitrogens with zero attached hydrogens (tertiary/aromatic N) is 2. The van der Waals surface area contributed by atoms with Gasteiger partial charge in [-0.15, -0.1) is 0 Å². The number of carbonyl (C=O) groups excluding carboxylic acids is 1. The Balaban J connectivity index is 1.57. The van der Waals surface area contributed by atoms with Crippen molar-refractivity contribution < 1.29 is 9.53 Å². The maximum atomic E-state index is 13.2. The van der Waals surface area contributed by atoms with Gasteiger partial charge in [-0.25, -0.2) is 0 Å². The molecule has 1 heterocycles. The number of fused-ring (bicyclic) bond motifs is 1. The first-order valence-electron chi connectivity index (χ1n) is 9.22. The average molecular weight is 338 g/mol. The summed E-state index contributed by atoms with van der Waals surface area (Å²) >= 11 is 0. The minimum atomic E-state index is -0.0370. The van der Waals surface area contributed by atoms with E-state index in [2.05, 4.69) is 16.8 Å². The number of rotatable bonds is 4. The van der Waals surface area contributed by atoms with Gasteiger partial charge in [-0.2, -0.15) is 0 Å². The summed E-state index contributed by atoms with van der Waals surface area (Å²) in [4.78, 5) is 17.9. The summed E-state index contributed by atoms with van der Waals surface area (Å²) in [6.45, 7) is 2.92. The zero-order valence-corrected chi connectivity index (χ0v) is 15.1. The normalized spacial score (nSPS) is 22.7. The monoisotopic (exact) mass is 338 g/mol. The predicted octanol–water partition coefficient (Wildman–Crippen LogP) is 3.20.